The molecule has 6 nitrogen and oxygen atoms in total. The number of fused-ring (bicyclic) bond motifs is 1. The molecule has 29 heavy (non-hydrogen) atoms. The lowest BCUT2D eigenvalue weighted by Crippen LogP contribution is -2.38. The van der Waals surface area contributed by atoms with Crippen molar-refractivity contribution in [2.24, 2.45) is 0 Å². The van der Waals surface area contributed by atoms with Crippen LogP contribution >= 0.6 is 0 Å². The number of hydrogen-bond acceptors (Lipinski definition) is 6. The maximum Gasteiger partial charge on any atom is 0.379 e. The predicted octanol–water partition coefficient (Wildman–Crippen LogP) is 3.85. The van der Waals surface area contributed by atoms with Crippen molar-refractivity contribution in [1.82, 2.24) is 4.90 Å². The molecule has 0 atom stereocenters. The Kier molecular flexibility index (Phi) is 5.71. The van der Waals surface area contributed by atoms with Crippen LogP contribution in [0.2, 0.25) is 0 Å². The maximum atomic E-state index is 12.4. The molecule has 0 aliphatic carbocycles. The van der Waals surface area contributed by atoms with Crippen LogP contribution in [0, 0.1) is 0 Å². The van der Waals surface area contributed by atoms with Crippen LogP contribution < -0.4 is 19.8 Å². The van der Waals surface area contributed by atoms with Crippen LogP contribution in [0.1, 0.15) is 18.4 Å². The highest BCUT2D eigenvalue weighted by Crippen LogP contribution is 2.33. The molecule has 0 spiro atoms. The lowest BCUT2D eigenvalue weighted by molar-refractivity contribution is 0.0940. The summed E-state index contributed by atoms with van der Waals surface area (Å²) in [7, 11) is 3.12. The summed E-state index contributed by atoms with van der Waals surface area (Å²) in [4.78, 5) is 14.8. The highest BCUT2D eigenvalue weighted by atomic mass is 16.5. The van der Waals surface area contributed by atoms with E-state index in [1.807, 2.05) is 6.07 Å². The van der Waals surface area contributed by atoms with Gasteiger partial charge in [-0.1, -0.05) is 30.3 Å². The van der Waals surface area contributed by atoms with Crippen molar-refractivity contribution >= 4 is 11.0 Å². The zero-order valence-corrected chi connectivity index (χ0v) is 16.7. The Hall–Kier alpha value is -2.99. The second-order valence-electron chi connectivity index (χ2n) is 7.22. The highest BCUT2D eigenvalue weighted by Gasteiger charge is 2.22. The van der Waals surface area contributed by atoms with Crippen molar-refractivity contribution in [2.75, 3.05) is 27.3 Å². The summed E-state index contributed by atoms with van der Waals surface area (Å²) in [6.07, 6.45) is 1.74. The highest BCUT2D eigenvalue weighted by molar-refractivity contribution is 5.81. The van der Waals surface area contributed by atoms with E-state index in [9.17, 15) is 4.79 Å². The van der Waals surface area contributed by atoms with Crippen LogP contribution in [0.4, 0.5) is 0 Å². The molecule has 152 valence electrons. The number of hydrogen-bond donors (Lipinski definition) is 0. The number of nitrogens with zero attached hydrogens (tertiary/aromatic N) is 1. The monoisotopic (exact) mass is 395 g/mol. The second-order valence-corrected chi connectivity index (χ2v) is 7.22. The van der Waals surface area contributed by atoms with Gasteiger partial charge in [-0.15, -0.1) is 0 Å². The van der Waals surface area contributed by atoms with E-state index in [0.29, 0.717) is 17.1 Å². The molecule has 1 aliphatic rings. The molecule has 0 bridgehead atoms. The Labute approximate surface area is 169 Å². The number of benzene rings is 2. The lowest BCUT2D eigenvalue weighted by atomic mass is 10.1. The van der Waals surface area contributed by atoms with Crippen LogP contribution in [0.25, 0.3) is 11.0 Å². The van der Waals surface area contributed by atoms with Gasteiger partial charge in [-0.25, -0.2) is 4.79 Å². The molecule has 0 saturated carbocycles. The molecule has 0 unspecified atom stereocenters. The molecule has 4 rings (SSSR count). The lowest BCUT2D eigenvalue weighted by Gasteiger charge is -2.31. The first kappa shape index (κ1) is 19.3. The van der Waals surface area contributed by atoms with Gasteiger partial charge in [0, 0.05) is 31.1 Å². The van der Waals surface area contributed by atoms with Crippen LogP contribution in [0.15, 0.2) is 57.7 Å². The van der Waals surface area contributed by atoms with Crippen molar-refractivity contribution in [3.05, 3.63) is 64.5 Å². The number of piperidine rings is 1. The van der Waals surface area contributed by atoms with Crippen molar-refractivity contribution in [2.45, 2.75) is 25.5 Å². The summed E-state index contributed by atoms with van der Waals surface area (Å²) in [5.74, 6) is 1.34. The van der Waals surface area contributed by atoms with Gasteiger partial charge in [-0.2, -0.15) is 0 Å². The third-order valence-corrected chi connectivity index (χ3v) is 5.28. The van der Waals surface area contributed by atoms with E-state index in [2.05, 4.69) is 29.2 Å². The molecule has 2 aromatic carbocycles. The zero-order chi connectivity index (χ0) is 20.2. The first-order valence-corrected chi connectivity index (χ1v) is 9.79. The summed E-state index contributed by atoms with van der Waals surface area (Å²) in [6.45, 7) is 2.81. The molecule has 0 N–H and O–H groups in total. The van der Waals surface area contributed by atoms with Crippen molar-refractivity contribution < 1.29 is 18.6 Å². The summed E-state index contributed by atoms with van der Waals surface area (Å²) < 4.78 is 22.1. The Morgan fingerprint density at radius 3 is 2.31 bits per heavy atom. The SMILES string of the molecule is COc1cc2cc(OC3CCN(Cc4ccccc4)CC3)c(=O)oc2cc1OC. The Balaban J connectivity index is 1.44. The molecule has 1 saturated heterocycles. The molecule has 1 fully saturated rings. The van der Waals surface area contributed by atoms with Crippen LogP contribution in [-0.4, -0.2) is 38.3 Å². The number of likely N-dealkylation sites (tertiary alicyclic amines) is 1. The summed E-state index contributed by atoms with van der Waals surface area (Å²) in [5.41, 5.74) is 1.28. The molecule has 2 heterocycles. The van der Waals surface area contributed by atoms with Gasteiger partial charge < -0.3 is 18.6 Å². The largest absolute Gasteiger partial charge is 0.493 e. The smallest absolute Gasteiger partial charge is 0.379 e. The number of rotatable bonds is 6. The fourth-order valence-corrected chi connectivity index (χ4v) is 3.72. The van der Waals surface area contributed by atoms with Crippen molar-refractivity contribution in [3.8, 4) is 17.2 Å². The Bertz CT molecular complexity index is 1020. The predicted molar refractivity (Wildman–Crippen MR) is 111 cm³/mol. The molecule has 1 aromatic heterocycles. The van der Waals surface area contributed by atoms with Crippen LogP contribution in [0.3, 0.4) is 0 Å². The van der Waals surface area contributed by atoms with Gasteiger partial charge in [0.1, 0.15) is 11.7 Å². The average molecular weight is 395 g/mol. The average Bonchev–Trinajstić information content (AvgIpc) is 2.75. The summed E-state index contributed by atoms with van der Waals surface area (Å²) >= 11 is 0. The molecular formula is C23H25NO5. The standard InChI is InChI=1S/C23H25NO5/c1-26-20-12-17-13-22(23(25)29-19(17)14-21(20)27-2)28-18-8-10-24(11-9-18)15-16-6-4-3-5-7-16/h3-7,12-14,18H,8-11,15H2,1-2H3. The van der Waals surface area contributed by atoms with Crippen LogP contribution in [0.5, 0.6) is 17.2 Å². The summed E-state index contributed by atoms with van der Waals surface area (Å²) in [6, 6.07) is 15.6. The van der Waals surface area contributed by atoms with Gasteiger partial charge in [0.25, 0.3) is 0 Å². The van der Waals surface area contributed by atoms with Crippen molar-refractivity contribution in [3.63, 3.8) is 0 Å². The van der Waals surface area contributed by atoms with E-state index >= 15 is 0 Å². The molecule has 6 heteroatoms. The minimum absolute atomic E-state index is 0.00233. The molecule has 0 radical (unpaired) electrons. The Morgan fingerprint density at radius 1 is 0.966 bits per heavy atom. The Morgan fingerprint density at radius 2 is 1.62 bits per heavy atom. The molecule has 1 aliphatic heterocycles. The first-order chi connectivity index (χ1) is 14.2. The topological polar surface area (TPSA) is 61.1 Å². The first-order valence-electron chi connectivity index (χ1n) is 9.79. The maximum absolute atomic E-state index is 12.4. The quantitative estimate of drug-likeness (QED) is 0.591. The third kappa shape index (κ3) is 4.38. The van der Waals surface area contributed by atoms with E-state index in [0.717, 1.165) is 37.9 Å². The van der Waals surface area contributed by atoms with Gasteiger partial charge in [-0.3, -0.25) is 4.90 Å². The fraction of sp³-hybridized carbons (Fsp3) is 0.348. The zero-order valence-electron chi connectivity index (χ0n) is 16.7. The van der Waals surface area contributed by atoms with Gasteiger partial charge >= 0.3 is 5.63 Å². The minimum atomic E-state index is -0.476. The molecular weight excluding hydrogens is 370 g/mol. The van der Waals surface area contributed by atoms with Gasteiger partial charge in [0.05, 0.1) is 14.2 Å². The van der Waals surface area contributed by atoms with Gasteiger partial charge in [-0.05, 0) is 30.5 Å². The van der Waals surface area contributed by atoms with E-state index in [1.165, 1.54) is 5.56 Å². The van der Waals surface area contributed by atoms with E-state index in [-0.39, 0.29) is 11.9 Å². The van der Waals surface area contributed by atoms with Gasteiger partial charge in [0.15, 0.2) is 11.5 Å². The summed E-state index contributed by atoms with van der Waals surface area (Å²) in [5, 5.41) is 0.735. The molecule has 3 aromatic rings. The number of methoxy groups -OCH3 is 2. The normalized spacial score (nSPS) is 15.4. The second kappa shape index (κ2) is 8.57. The minimum Gasteiger partial charge on any atom is -0.493 e. The molecule has 0 amide bonds. The van der Waals surface area contributed by atoms with E-state index < -0.39 is 5.63 Å². The van der Waals surface area contributed by atoms with Crippen LogP contribution in [-0.2, 0) is 6.54 Å². The van der Waals surface area contributed by atoms with Gasteiger partial charge in [0.2, 0.25) is 5.75 Å². The third-order valence-electron chi connectivity index (χ3n) is 5.28. The van der Waals surface area contributed by atoms with E-state index in [1.54, 1.807) is 32.4 Å². The number of ether oxygens (including phenoxy) is 3. The van der Waals surface area contributed by atoms with E-state index in [4.69, 9.17) is 18.6 Å². The fourth-order valence-electron chi connectivity index (χ4n) is 3.72. The van der Waals surface area contributed by atoms with Crippen molar-refractivity contribution in [1.29, 1.82) is 0 Å².